The monoisotopic (exact) mass is 371 g/mol. The zero-order valence-corrected chi connectivity index (χ0v) is 15.2. The minimum absolute atomic E-state index is 0.0750. The summed E-state index contributed by atoms with van der Waals surface area (Å²) < 4.78 is 10.2. The fourth-order valence-electron chi connectivity index (χ4n) is 2.52. The van der Waals surface area contributed by atoms with Crippen LogP contribution in [0.3, 0.4) is 0 Å². The molecule has 1 saturated carbocycles. The molecule has 0 saturated heterocycles. The molecule has 2 aromatic rings. The van der Waals surface area contributed by atoms with Crippen LogP contribution in [0.5, 0.6) is 0 Å². The lowest BCUT2D eigenvalue weighted by molar-refractivity contribution is -0.137. The number of hydrogen-bond donors (Lipinski definition) is 1. The van der Waals surface area contributed by atoms with Crippen molar-refractivity contribution in [2.75, 3.05) is 20.2 Å². The third-order valence-corrected chi connectivity index (χ3v) is 4.19. The molecule has 1 aromatic carbocycles. The van der Waals surface area contributed by atoms with Gasteiger partial charge in [-0.1, -0.05) is 35.5 Å². The van der Waals surface area contributed by atoms with Gasteiger partial charge in [0, 0.05) is 18.7 Å². The van der Waals surface area contributed by atoms with Crippen LogP contribution in [-0.4, -0.2) is 54.1 Å². The van der Waals surface area contributed by atoms with Gasteiger partial charge >= 0.3 is 5.97 Å². The van der Waals surface area contributed by atoms with Gasteiger partial charge in [-0.15, -0.1) is 0 Å². The van der Waals surface area contributed by atoms with E-state index in [9.17, 15) is 14.4 Å². The van der Waals surface area contributed by atoms with E-state index in [0.717, 1.165) is 12.8 Å². The van der Waals surface area contributed by atoms with E-state index in [1.165, 1.54) is 11.9 Å². The number of likely N-dealkylation sites (N-methyl/N-ethyl adjacent to an activating group) is 1. The van der Waals surface area contributed by atoms with Gasteiger partial charge in [0.2, 0.25) is 5.91 Å². The molecule has 1 heterocycles. The number of ether oxygens (including phenoxy) is 1. The summed E-state index contributed by atoms with van der Waals surface area (Å²) in [7, 11) is 1.49. The van der Waals surface area contributed by atoms with Crippen molar-refractivity contribution in [3.8, 4) is 11.3 Å². The molecule has 142 valence electrons. The van der Waals surface area contributed by atoms with Crippen LogP contribution in [0.4, 0.5) is 0 Å². The van der Waals surface area contributed by atoms with Gasteiger partial charge in [0.1, 0.15) is 17.0 Å². The van der Waals surface area contributed by atoms with Gasteiger partial charge in [-0.2, -0.15) is 0 Å². The fraction of sp³-hybridized carbons (Fsp3) is 0.368. The molecule has 1 aliphatic carbocycles. The van der Waals surface area contributed by atoms with E-state index in [2.05, 4.69) is 10.5 Å². The fourth-order valence-corrected chi connectivity index (χ4v) is 2.52. The van der Waals surface area contributed by atoms with Crippen LogP contribution in [-0.2, 0) is 14.3 Å². The Labute approximate surface area is 156 Å². The molecule has 0 radical (unpaired) electrons. The van der Waals surface area contributed by atoms with Crippen LogP contribution in [0.25, 0.3) is 11.3 Å². The number of nitrogens with zero attached hydrogens (tertiary/aromatic N) is 2. The second-order valence-electron chi connectivity index (χ2n) is 6.50. The summed E-state index contributed by atoms with van der Waals surface area (Å²) in [5.41, 5.74) is 1.26. The van der Waals surface area contributed by atoms with E-state index in [0.29, 0.717) is 17.0 Å². The Morgan fingerprint density at radius 3 is 2.63 bits per heavy atom. The molecule has 0 atom stereocenters. The Kier molecular flexibility index (Phi) is 5.54. The van der Waals surface area contributed by atoms with Crippen LogP contribution in [0.15, 0.2) is 34.9 Å². The summed E-state index contributed by atoms with van der Waals surface area (Å²) in [6.07, 6.45) is 1.95. The van der Waals surface area contributed by atoms with Crippen LogP contribution < -0.4 is 5.32 Å². The van der Waals surface area contributed by atoms with Crippen molar-refractivity contribution in [3.63, 3.8) is 0 Å². The number of carbonyl (C=O) groups is 3. The molecule has 27 heavy (non-hydrogen) atoms. The van der Waals surface area contributed by atoms with Crippen LogP contribution in [0.2, 0.25) is 0 Å². The minimum atomic E-state index is -0.697. The van der Waals surface area contributed by atoms with E-state index in [4.69, 9.17) is 9.26 Å². The van der Waals surface area contributed by atoms with E-state index < -0.39 is 18.5 Å². The van der Waals surface area contributed by atoms with Crippen LogP contribution in [0.1, 0.15) is 29.0 Å². The number of carbonyl (C=O) groups excluding carboxylic acids is 3. The van der Waals surface area contributed by atoms with Crippen molar-refractivity contribution in [2.24, 2.45) is 0 Å². The third kappa shape index (κ3) is 4.72. The minimum Gasteiger partial charge on any atom is -0.452 e. The maximum atomic E-state index is 12.5. The Hall–Kier alpha value is -3.16. The average Bonchev–Trinajstić information content (AvgIpc) is 3.38. The second kappa shape index (κ2) is 8.03. The van der Waals surface area contributed by atoms with E-state index in [-0.39, 0.29) is 24.1 Å². The Balaban J connectivity index is 1.58. The zero-order chi connectivity index (χ0) is 19.4. The van der Waals surface area contributed by atoms with Crippen molar-refractivity contribution < 1.29 is 23.6 Å². The highest BCUT2D eigenvalue weighted by Gasteiger charge is 2.26. The zero-order valence-electron chi connectivity index (χ0n) is 15.2. The van der Waals surface area contributed by atoms with Gasteiger partial charge in [0.15, 0.2) is 6.61 Å². The number of rotatable bonds is 7. The summed E-state index contributed by atoms with van der Waals surface area (Å²) in [5.74, 6) is -1.08. The van der Waals surface area contributed by atoms with Crippen molar-refractivity contribution in [3.05, 3.63) is 41.7 Å². The lowest BCUT2D eigenvalue weighted by Crippen LogP contribution is -2.40. The maximum absolute atomic E-state index is 12.5. The molecule has 0 unspecified atom stereocenters. The lowest BCUT2D eigenvalue weighted by atomic mass is 10.1. The highest BCUT2D eigenvalue weighted by molar-refractivity contribution is 5.98. The first-order valence-corrected chi connectivity index (χ1v) is 8.68. The summed E-state index contributed by atoms with van der Waals surface area (Å²) in [6.45, 7) is 1.06. The molecule has 1 aliphatic rings. The molecular weight excluding hydrogens is 350 g/mol. The predicted octanol–water partition coefficient (Wildman–Crippen LogP) is 1.54. The van der Waals surface area contributed by atoms with Crippen LogP contribution >= 0.6 is 0 Å². The quantitative estimate of drug-likeness (QED) is 0.741. The summed E-state index contributed by atoms with van der Waals surface area (Å²) in [4.78, 5) is 37.5. The molecule has 1 N–H and O–H groups in total. The highest BCUT2D eigenvalue weighted by Crippen LogP contribution is 2.25. The second-order valence-corrected chi connectivity index (χ2v) is 6.50. The van der Waals surface area contributed by atoms with Crippen molar-refractivity contribution >= 4 is 17.8 Å². The van der Waals surface area contributed by atoms with Gasteiger partial charge in [-0.05, 0) is 19.8 Å². The highest BCUT2D eigenvalue weighted by atomic mass is 16.5. The van der Waals surface area contributed by atoms with E-state index in [1.54, 1.807) is 19.1 Å². The molecule has 1 aromatic heterocycles. The molecule has 0 spiro atoms. The van der Waals surface area contributed by atoms with Crippen molar-refractivity contribution in [1.82, 2.24) is 15.4 Å². The van der Waals surface area contributed by atoms with Gasteiger partial charge in [0.25, 0.3) is 5.91 Å². The number of amides is 2. The smallest absolute Gasteiger partial charge is 0.344 e. The number of aryl methyl sites for hydroxylation is 1. The number of aromatic nitrogens is 1. The Morgan fingerprint density at radius 1 is 1.26 bits per heavy atom. The Morgan fingerprint density at radius 2 is 1.96 bits per heavy atom. The molecule has 8 heteroatoms. The molecule has 0 aliphatic heterocycles. The van der Waals surface area contributed by atoms with E-state index >= 15 is 0 Å². The Bertz CT molecular complexity index is 842. The molecule has 2 amide bonds. The first kappa shape index (κ1) is 18.6. The predicted molar refractivity (Wildman–Crippen MR) is 95.8 cm³/mol. The SMILES string of the molecule is Cc1onc(-c2ccccc2)c1C(=O)OCC(=O)N(C)CC(=O)NC1CC1. The lowest BCUT2D eigenvalue weighted by Gasteiger charge is -2.16. The summed E-state index contributed by atoms with van der Waals surface area (Å²) in [6, 6.07) is 9.31. The van der Waals surface area contributed by atoms with Gasteiger partial charge in [0.05, 0.1) is 6.54 Å². The van der Waals surface area contributed by atoms with Gasteiger partial charge in [-0.25, -0.2) is 4.79 Å². The number of nitrogens with one attached hydrogen (secondary N) is 1. The molecule has 1 fully saturated rings. The first-order chi connectivity index (χ1) is 13.0. The molecule has 8 nitrogen and oxygen atoms in total. The molecular formula is C19H21N3O5. The van der Waals surface area contributed by atoms with Crippen LogP contribution in [0, 0.1) is 6.92 Å². The standard InChI is InChI=1S/C19H21N3O5/c1-12-17(18(21-27-12)13-6-4-3-5-7-13)19(25)26-11-16(24)22(2)10-15(23)20-14-8-9-14/h3-7,14H,8-11H2,1-2H3,(H,20,23). The topological polar surface area (TPSA) is 102 Å². The van der Waals surface area contributed by atoms with Crippen molar-refractivity contribution in [2.45, 2.75) is 25.8 Å². The normalized spacial score (nSPS) is 13.1. The van der Waals surface area contributed by atoms with Gasteiger partial charge in [-0.3, -0.25) is 9.59 Å². The third-order valence-electron chi connectivity index (χ3n) is 4.19. The average molecular weight is 371 g/mol. The first-order valence-electron chi connectivity index (χ1n) is 8.68. The molecule has 3 rings (SSSR count). The number of hydrogen-bond acceptors (Lipinski definition) is 6. The summed E-state index contributed by atoms with van der Waals surface area (Å²) in [5, 5.41) is 6.72. The molecule has 0 bridgehead atoms. The number of benzene rings is 1. The van der Waals surface area contributed by atoms with Crippen molar-refractivity contribution in [1.29, 1.82) is 0 Å². The summed E-state index contributed by atoms with van der Waals surface area (Å²) >= 11 is 0. The van der Waals surface area contributed by atoms with Gasteiger partial charge < -0.3 is 19.5 Å². The number of esters is 1. The maximum Gasteiger partial charge on any atom is 0.344 e. The largest absolute Gasteiger partial charge is 0.452 e. The van der Waals surface area contributed by atoms with E-state index in [1.807, 2.05) is 18.2 Å².